The second-order valence-corrected chi connectivity index (χ2v) is 6.75. The molecule has 2 aromatic rings. The minimum Gasteiger partial charge on any atom is -0.495 e. The first-order valence-electron chi connectivity index (χ1n) is 6.14. The highest BCUT2D eigenvalue weighted by molar-refractivity contribution is 14.1. The number of anilines is 1. The van der Waals surface area contributed by atoms with Gasteiger partial charge in [0, 0.05) is 14.1 Å². The monoisotopic (exact) mass is 495 g/mol. The predicted molar refractivity (Wildman–Crippen MR) is 99.4 cm³/mol. The van der Waals surface area contributed by atoms with E-state index in [4.69, 9.17) is 21.1 Å². The van der Waals surface area contributed by atoms with Crippen LogP contribution in [0.25, 0.3) is 0 Å². The van der Waals surface area contributed by atoms with E-state index in [2.05, 4.69) is 43.8 Å². The average Bonchev–Trinajstić information content (AvgIpc) is 2.50. The smallest absolute Gasteiger partial charge is 0.256 e. The van der Waals surface area contributed by atoms with Gasteiger partial charge in [0.15, 0.2) is 0 Å². The molecule has 0 spiro atoms. The van der Waals surface area contributed by atoms with Gasteiger partial charge in [-0.05, 0) is 46.9 Å². The van der Waals surface area contributed by atoms with Crippen LogP contribution in [0.15, 0.2) is 34.8 Å². The molecule has 0 bridgehead atoms. The molecule has 0 aromatic heterocycles. The number of hydrogen-bond donors (Lipinski definition) is 1. The van der Waals surface area contributed by atoms with Gasteiger partial charge in [-0.15, -0.1) is 0 Å². The van der Waals surface area contributed by atoms with E-state index in [1.165, 1.54) is 14.2 Å². The molecule has 0 aliphatic carbocycles. The lowest BCUT2D eigenvalue weighted by molar-refractivity contribution is 0.102. The van der Waals surface area contributed by atoms with Crippen molar-refractivity contribution in [3.63, 3.8) is 0 Å². The van der Waals surface area contributed by atoms with E-state index in [1.54, 1.807) is 18.2 Å². The van der Waals surface area contributed by atoms with Crippen LogP contribution in [0, 0.1) is 3.57 Å². The number of carbonyl (C=O) groups is 1. The van der Waals surface area contributed by atoms with Gasteiger partial charge in [-0.25, -0.2) is 0 Å². The molecule has 22 heavy (non-hydrogen) atoms. The third-order valence-electron chi connectivity index (χ3n) is 2.90. The Morgan fingerprint density at radius 1 is 1.18 bits per heavy atom. The van der Waals surface area contributed by atoms with E-state index in [0.717, 1.165) is 8.04 Å². The number of methoxy groups -OCH3 is 2. The van der Waals surface area contributed by atoms with Crippen molar-refractivity contribution in [3.8, 4) is 11.5 Å². The third-order valence-corrected chi connectivity index (χ3v) is 4.62. The number of hydrogen-bond acceptors (Lipinski definition) is 3. The summed E-state index contributed by atoms with van der Waals surface area (Å²) in [5, 5.41) is 3.20. The van der Waals surface area contributed by atoms with Gasteiger partial charge in [-0.3, -0.25) is 4.79 Å². The predicted octanol–water partition coefficient (Wildman–Crippen LogP) is 4.98. The van der Waals surface area contributed by atoms with Gasteiger partial charge in [0.2, 0.25) is 0 Å². The van der Waals surface area contributed by atoms with Crippen LogP contribution in [0.2, 0.25) is 5.02 Å². The molecule has 116 valence electrons. The van der Waals surface area contributed by atoms with Crippen LogP contribution in [0.1, 0.15) is 10.4 Å². The fourth-order valence-corrected chi connectivity index (χ4v) is 3.00. The van der Waals surface area contributed by atoms with Crippen LogP contribution in [0.5, 0.6) is 11.5 Å². The maximum Gasteiger partial charge on any atom is 0.256 e. The van der Waals surface area contributed by atoms with E-state index >= 15 is 0 Å². The molecule has 0 radical (unpaired) electrons. The maximum absolute atomic E-state index is 12.5. The van der Waals surface area contributed by atoms with Crippen LogP contribution >= 0.6 is 50.1 Å². The van der Waals surface area contributed by atoms with Gasteiger partial charge in [-0.1, -0.05) is 27.5 Å². The van der Waals surface area contributed by atoms with Gasteiger partial charge < -0.3 is 14.8 Å². The highest BCUT2D eigenvalue weighted by Gasteiger charge is 2.15. The lowest BCUT2D eigenvalue weighted by atomic mass is 10.2. The summed E-state index contributed by atoms with van der Waals surface area (Å²) < 4.78 is 12.1. The summed E-state index contributed by atoms with van der Waals surface area (Å²) in [6, 6.07) is 8.72. The second-order valence-electron chi connectivity index (χ2n) is 4.27. The molecule has 7 heteroatoms. The Morgan fingerprint density at radius 3 is 2.50 bits per heavy atom. The Kier molecular flexibility index (Phi) is 5.94. The molecule has 0 aliphatic heterocycles. The average molecular weight is 497 g/mol. The van der Waals surface area contributed by atoms with E-state index in [0.29, 0.717) is 27.8 Å². The quantitative estimate of drug-likeness (QED) is 0.608. The largest absolute Gasteiger partial charge is 0.495 e. The Labute approximate surface area is 155 Å². The summed E-state index contributed by atoms with van der Waals surface area (Å²) >= 11 is 11.6. The molecular formula is C15H12BrClINO3. The molecule has 0 saturated carbocycles. The normalized spacial score (nSPS) is 10.2. The van der Waals surface area contributed by atoms with Crippen LogP contribution in [-0.4, -0.2) is 20.1 Å². The highest BCUT2D eigenvalue weighted by atomic mass is 127. The molecule has 2 rings (SSSR count). The van der Waals surface area contributed by atoms with Gasteiger partial charge in [0.05, 0.1) is 30.5 Å². The minimum absolute atomic E-state index is 0.245. The lowest BCUT2D eigenvalue weighted by Gasteiger charge is -2.13. The molecule has 0 heterocycles. The zero-order valence-corrected chi connectivity index (χ0v) is 16.2. The van der Waals surface area contributed by atoms with Crippen molar-refractivity contribution in [2.45, 2.75) is 0 Å². The number of rotatable bonds is 4. The SMILES string of the molecule is COc1cc(OC)c(NC(=O)c2cc(Br)ccc2I)cc1Cl. The van der Waals surface area contributed by atoms with Crippen molar-refractivity contribution in [2.75, 3.05) is 19.5 Å². The molecule has 1 N–H and O–H groups in total. The van der Waals surface area contributed by atoms with Crippen LogP contribution in [0.3, 0.4) is 0 Å². The first-order chi connectivity index (χ1) is 10.5. The molecule has 0 fully saturated rings. The third kappa shape index (κ3) is 3.85. The molecule has 0 unspecified atom stereocenters. The fourth-order valence-electron chi connectivity index (χ4n) is 1.82. The summed E-state index contributed by atoms with van der Waals surface area (Å²) in [5.41, 5.74) is 1.04. The topological polar surface area (TPSA) is 47.6 Å². The minimum atomic E-state index is -0.245. The lowest BCUT2D eigenvalue weighted by Crippen LogP contribution is -2.14. The zero-order chi connectivity index (χ0) is 16.3. The summed E-state index contributed by atoms with van der Waals surface area (Å²) in [5.74, 6) is 0.707. The molecule has 0 aliphatic rings. The first kappa shape index (κ1) is 17.4. The summed E-state index contributed by atoms with van der Waals surface area (Å²) in [4.78, 5) is 12.5. The highest BCUT2D eigenvalue weighted by Crippen LogP contribution is 2.36. The Hall–Kier alpha value is -0.990. The molecule has 0 saturated heterocycles. The van der Waals surface area contributed by atoms with Gasteiger partial charge in [0.1, 0.15) is 11.5 Å². The standard InChI is InChI=1S/C15H12BrClINO3/c1-21-13-7-14(22-2)12(6-10(13)17)19-15(20)9-5-8(16)3-4-11(9)18/h3-7H,1-2H3,(H,19,20). The second kappa shape index (κ2) is 7.52. The van der Waals surface area contributed by atoms with Gasteiger partial charge in [-0.2, -0.15) is 0 Å². The van der Waals surface area contributed by atoms with Crippen molar-refractivity contribution in [2.24, 2.45) is 0 Å². The van der Waals surface area contributed by atoms with E-state index < -0.39 is 0 Å². The summed E-state index contributed by atoms with van der Waals surface area (Å²) in [7, 11) is 3.03. The zero-order valence-electron chi connectivity index (χ0n) is 11.7. The number of amides is 1. The number of nitrogens with one attached hydrogen (secondary N) is 1. The Bertz CT molecular complexity index is 724. The molecule has 4 nitrogen and oxygen atoms in total. The van der Waals surface area contributed by atoms with Crippen LogP contribution in [-0.2, 0) is 0 Å². The van der Waals surface area contributed by atoms with Gasteiger partial charge >= 0.3 is 0 Å². The van der Waals surface area contributed by atoms with Crippen molar-refractivity contribution in [1.29, 1.82) is 0 Å². The van der Waals surface area contributed by atoms with Crippen molar-refractivity contribution in [1.82, 2.24) is 0 Å². The Balaban J connectivity index is 2.36. The van der Waals surface area contributed by atoms with E-state index in [9.17, 15) is 4.79 Å². The number of benzene rings is 2. The van der Waals surface area contributed by atoms with E-state index in [-0.39, 0.29) is 5.91 Å². The molecule has 2 aromatic carbocycles. The Morgan fingerprint density at radius 2 is 1.86 bits per heavy atom. The summed E-state index contributed by atoms with van der Waals surface area (Å²) in [6.07, 6.45) is 0. The van der Waals surface area contributed by atoms with E-state index in [1.807, 2.05) is 12.1 Å². The number of carbonyl (C=O) groups excluding carboxylic acids is 1. The van der Waals surface area contributed by atoms with Crippen LogP contribution in [0.4, 0.5) is 5.69 Å². The van der Waals surface area contributed by atoms with Crippen LogP contribution < -0.4 is 14.8 Å². The van der Waals surface area contributed by atoms with Crippen molar-refractivity contribution < 1.29 is 14.3 Å². The fraction of sp³-hybridized carbons (Fsp3) is 0.133. The van der Waals surface area contributed by atoms with Crippen molar-refractivity contribution in [3.05, 3.63) is 49.0 Å². The maximum atomic E-state index is 12.5. The molecule has 0 atom stereocenters. The number of ether oxygens (including phenoxy) is 2. The first-order valence-corrected chi connectivity index (χ1v) is 8.39. The summed E-state index contributed by atoms with van der Waals surface area (Å²) in [6.45, 7) is 0. The van der Waals surface area contributed by atoms with Crippen molar-refractivity contribution >= 4 is 61.7 Å². The molecular weight excluding hydrogens is 484 g/mol. The number of halogens is 3. The molecule has 1 amide bonds. The van der Waals surface area contributed by atoms with Gasteiger partial charge in [0.25, 0.3) is 5.91 Å².